The number of fused-ring (bicyclic) bond motifs is 1. The van der Waals surface area contributed by atoms with Crippen molar-refractivity contribution in [3.05, 3.63) is 52.8 Å². The molecule has 2 aromatic heterocycles. The summed E-state index contributed by atoms with van der Waals surface area (Å²) in [6, 6.07) is 10.7. The highest BCUT2D eigenvalue weighted by Gasteiger charge is 2.24. The molecule has 6 heteroatoms. The minimum absolute atomic E-state index is 0.0245. The number of imidazole rings is 1. The molecule has 1 aliphatic heterocycles. The summed E-state index contributed by atoms with van der Waals surface area (Å²) < 4.78 is 1.81. The average molecular weight is 328 g/mol. The molecule has 3 aromatic rings. The molecule has 0 saturated carbocycles. The topological polar surface area (TPSA) is 53.7 Å². The quantitative estimate of drug-likeness (QED) is 0.800. The number of nitrogens with zero attached hydrogens (tertiary/aromatic N) is 4. The lowest BCUT2D eigenvalue weighted by Gasteiger charge is -2.30. The molecule has 0 atom stereocenters. The van der Waals surface area contributed by atoms with E-state index in [1.807, 2.05) is 10.7 Å². The molecule has 1 fully saturated rings. The molecule has 23 heavy (non-hydrogen) atoms. The van der Waals surface area contributed by atoms with Gasteiger partial charge in [0, 0.05) is 12.5 Å². The molecular weight excluding hydrogens is 308 g/mol. The van der Waals surface area contributed by atoms with Gasteiger partial charge in [0.05, 0.1) is 18.5 Å². The van der Waals surface area contributed by atoms with Crippen molar-refractivity contribution in [3.63, 3.8) is 0 Å². The fraction of sp³-hybridized carbons (Fsp3) is 0.412. The van der Waals surface area contributed by atoms with Crippen LogP contribution in [-0.4, -0.2) is 37.7 Å². The van der Waals surface area contributed by atoms with Crippen molar-refractivity contribution in [2.45, 2.75) is 31.9 Å². The zero-order chi connectivity index (χ0) is 15.6. The predicted octanol–water partition coefficient (Wildman–Crippen LogP) is 2.66. The lowest BCUT2D eigenvalue weighted by atomic mass is 9.97. The molecule has 1 saturated heterocycles. The molecule has 0 radical (unpaired) electrons. The number of hydrogen-bond acceptors (Lipinski definition) is 5. The second-order valence-electron chi connectivity index (χ2n) is 6.09. The first-order chi connectivity index (χ1) is 11.3. The van der Waals surface area contributed by atoms with Crippen molar-refractivity contribution in [2.24, 2.45) is 0 Å². The van der Waals surface area contributed by atoms with E-state index in [-0.39, 0.29) is 6.61 Å². The predicted molar refractivity (Wildman–Crippen MR) is 90.5 cm³/mol. The average Bonchev–Trinajstić information content (AvgIpc) is 3.15. The van der Waals surface area contributed by atoms with Crippen LogP contribution in [0.1, 0.15) is 35.0 Å². The third kappa shape index (κ3) is 3.15. The zero-order valence-corrected chi connectivity index (χ0v) is 13.7. The fourth-order valence-electron chi connectivity index (χ4n) is 3.18. The van der Waals surface area contributed by atoms with E-state index >= 15 is 0 Å². The molecular formula is C17H20N4OS. The first kappa shape index (κ1) is 14.8. The highest BCUT2D eigenvalue weighted by Crippen LogP contribution is 2.31. The number of aromatic nitrogens is 3. The summed E-state index contributed by atoms with van der Waals surface area (Å²) in [6.07, 6.45) is 4.12. The van der Waals surface area contributed by atoms with Crippen LogP contribution < -0.4 is 0 Å². The van der Waals surface area contributed by atoms with Gasteiger partial charge >= 0.3 is 0 Å². The van der Waals surface area contributed by atoms with Gasteiger partial charge < -0.3 is 5.11 Å². The summed E-state index contributed by atoms with van der Waals surface area (Å²) in [4.78, 5) is 7.78. The maximum atomic E-state index is 9.12. The van der Waals surface area contributed by atoms with Crippen LogP contribution >= 0.6 is 11.3 Å². The SMILES string of the molecule is OCc1cn2nc(C3CCN(Cc4ccccc4)CC3)sc2n1. The van der Waals surface area contributed by atoms with Crippen molar-refractivity contribution in [2.75, 3.05) is 13.1 Å². The molecule has 5 nitrogen and oxygen atoms in total. The molecule has 0 aliphatic carbocycles. The number of aliphatic hydroxyl groups is 1. The standard InChI is InChI=1S/C17H20N4OS/c22-12-15-11-21-17(18-15)23-16(19-21)14-6-8-20(9-7-14)10-13-4-2-1-3-5-13/h1-5,11,14,22H,6-10,12H2. The highest BCUT2D eigenvalue weighted by atomic mass is 32.1. The van der Waals surface area contributed by atoms with E-state index in [0.717, 1.165) is 37.4 Å². The summed E-state index contributed by atoms with van der Waals surface area (Å²) in [5.74, 6) is 0.534. The van der Waals surface area contributed by atoms with Crippen LogP contribution in [0, 0.1) is 0 Å². The number of rotatable bonds is 4. The molecule has 120 valence electrons. The van der Waals surface area contributed by atoms with E-state index in [4.69, 9.17) is 5.11 Å². The summed E-state index contributed by atoms with van der Waals surface area (Å²) in [5, 5.41) is 15.0. The van der Waals surface area contributed by atoms with E-state index in [1.165, 1.54) is 10.6 Å². The Labute approximate surface area is 139 Å². The van der Waals surface area contributed by atoms with Gasteiger partial charge in [-0.3, -0.25) is 4.90 Å². The second kappa shape index (κ2) is 6.39. The minimum atomic E-state index is -0.0245. The van der Waals surface area contributed by atoms with Crippen molar-refractivity contribution in [1.29, 1.82) is 0 Å². The van der Waals surface area contributed by atoms with Crippen molar-refractivity contribution in [1.82, 2.24) is 19.5 Å². The van der Waals surface area contributed by atoms with Gasteiger partial charge in [-0.2, -0.15) is 5.10 Å². The molecule has 0 spiro atoms. The summed E-state index contributed by atoms with van der Waals surface area (Å²) in [6.45, 7) is 3.24. The monoisotopic (exact) mass is 328 g/mol. The Kier molecular flexibility index (Phi) is 4.11. The smallest absolute Gasteiger partial charge is 0.212 e. The highest BCUT2D eigenvalue weighted by molar-refractivity contribution is 7.16. The Balaban J connectivity index is 1.39. The first-order valence-electron chi connectivity index (χ1n) is 8.04. The summed E-state index contributed by atoms with van der Waals surface area (Å²) >= 11 is 1.66. The van der Waals surface area contributed by atoms with Crippen molar-refractivity contribution < 1.29 is 5.11 Å². The molecule has 0 amide bonds. The largest absolute Gasteiger partial charge is 0.390 e. The van der Waals surface area contributed by atoms with Crippen molar-refractivity contribution >= 4 is 16.3 Å². The van der Waals surface area contributed by atoms with Crippen molar-refractivity contribution in [3.8, 4) is 0 Å². The molecule has 0 unspecified atom stereocenters. The number of likely N-dealkylation sites (tertiary alicyclic amines) is 1. The Hall–Kier alpha value is -1.76. The third-order valence-electron chi connectivity index (χ3n) is 4.46. The maximum absolute atomic E-state index is 9.12. The molecule has 1 aliphatic rings. The van der Waals surface area contributed by atoms with E-state index < -0.39 is 0 Å². The maximum Gasteiger partial charge on any atom is 0.212 e. The summed E-state index contributed by atoms with van der Waals surface area (Å²) in [5.41, 5.74) is 2.07. The van der Waals surface area contributed by atoms with Gasteiger partial charge in [-0.25, -0.2) is 9.50 Å². The Morgan fingerprint density at radius 3 is 2.65 bits per heavy atom. The molecule has 4 rings (SSSR count). The van der Waals surface area contributed by atoms with Gasteiger partial charge in [0.15, 0.2) is 0 Å². The van der Waals surface area contributed by atoms with Crippen LogP contribution in [0.25, 0.3) is 4.96 Å². The molecule has 0 bridgehead atoms. The fourth-order valence-corrected chi connectivity index (χ4v) is 4.25. The van der Waals surface area contributed by atoms with Gasteiger partial charge in [-0.1, -0.05) is 41.7 Å². The number of aliphatic hydroxyl groups excluding tert-OH is 1. The van der Waals surface area contributed by atoms with Crippen LogP contribution in [0.4, 0.5) is 0 Å². The Morgan fingerprint density at radius 2 is 1.96 bits per heavy atom. The molecule has 3 heterocycles. The Morgan fingerprint density at radius 1 is 1.17 bits per heavy atom. The lowest BCUT2D eigenvalue weighted by molar-refractivity contribution is 0.204. The van der Waals surface area contributed by atoms with E-state index in [9.17, 15) is 0 Å². The molecule has 1 N–H and O–H groups in total. The Bertz CT molecular complexity index is 743. The van der Waals surface area contributed by atoms with Crippen LogP contribution in [0.3, 0.4) is 0 Å². The van der Waals surface area contributed by atoms with Gasteiger partial charge in [-0.05, 0) is 31.5 Å². The van der Waals surface area contributed by atoms with E-state index in [2.05, 4.69) is 45.3 Å². The van der Waals surface area contributed by atoms with Crippen LogP contribution in [0.5, 0.6) is 0 Å². The van der Waals surface area contributed by atoms with E-state index in [0.29, 0.717) is 11.6 Å². The van der Waals surface area contributed by atoms with Gasteiger partial charge in [0.2, 0.25) is 4.96 Å². The number of hydrogen-bond donors (Lipinski definition) is 1. The number of piperidine rings is 1. The second-order valence-corrected chi connectivity index (χ2v) is 7.08. The van der Waals surface area contributed by atoms with Gasteiger partial charge in [-0.15, -0.1) is 0 Å². The lowest BCUT2D eigenvalue weighted by Crippen LogP contribution is -2.32. The summed E-state index contributed by atoms with van der Waals surface area (Å²) in [7, 11) is 0. The first-order valence-corrected chi connectivity index (χ1v) is 8.85. The zero-order valence-electron chi connectivity index (χ0n) is 12.9. The van der Waals surface area contributed by atoms with Crippen LogP contribution in [-0.2, 0) is 13.2 Å². The van der Waals surface area contributed by atoms with Crippen LogP contribution in [0.2, 0.25) is 0 Å². The third-order valence-corrected chi connectivity index (χ3v) is 5.54. The number of benzene rings is 1. The minimum Gasteiger partial charge on any atom is -0.390 e. The van der Waals surface area contributed by atoms with Gasteiger partial charge in [0.1, 0.15) is 5.01 Å². The van der Waals surface area contributed by atoms with Crippen LogP contribution in [0.15, 0.2) is 36.5 Å². The van der Waals surface area contributed by atoms with E-state index in [1.54, 1.807) is 11.3 Å². The van der Waals surface area contributed by atoms with Gasteiger partial charge in [0.25, 0.3) is 0 Å². The normalized spacial score (nSPS) is 17.1. The molecule has 1 aromatic carbocycles.